The lowest BCUT2D eigenvalue weighted by atomic mass is 9.89. The third-order valence-electron chi connectivity index (χ3n) is 6.30. The SMILES string of the molecule is CC(C)OC(=O)C(C)NP(=S)(OC[C@H]1O[C@@H](n2ccc(=O)[nH]c2=O)[C@@](O)(C2CC2)[C@@H]1O)Oc1ccccc1. The van der Waals surface area contributed by atoms with Crippen LogP contribution >= 0.6 is 6.64 Å². The number of carbonyl (C=O) groups excluding carboxylic acids is 1. The third kappa shape index (κ3) is 6.26. The number of H-pyrrole nitrogens is 1. The average Bonchev–Trinajstić information content (AvgIpc) is 3.67. The molecule has 4 N–H and O–H groups in total. The van der Waals surface area contributed by atoms with Gasteiger partial charge in [-0.1, -0.05) is 18.2 Å². The highest BCUT2D eigenvalue weighted by Gasteiger charge is 2.63. The number of benzene rings is 1. The summed E-state index contributed by atoms with van der Waals surface area (Å²) in [6.07, 6.45) is -1.69. The van der Waals surface area contributed by atoms with Crippen LogP contribution in [-0.2, 0) is 30.6 Å². The van der Waals surface area contributed by atoms with E-state index in [1.165, 1.54) is 6.20 Å². The number of nitrogens with zero attached hydrogens (tertiary/aromatic N) is 1. The van der Waals surface area contributed by atoms with Crippen LogP contribution in [0.5, 0.6) is 5.75 Å². The average molecular weight is 570 g/mol. The number of aliphatic hydroxyl groups excluding tert-OH is 1. The van der Waals surface area contributed by atoms with E-state index in [2.05, 4.69) is 10.1 Å². The zero-order chi connectivity index (χ0) is 27.7. The molecule has 2 unspecified atom stereocenters. The van der Waals surface area contributed by atoms with E-state index in [0.717, 1.165) is 10.6 Å². The minimum absolute atomic E-state index is 0.320. The van der Waals surface area contributed by atoms with Gasteiger partial charge < -0.3 is 28.7 Å². The summed E-state index contributed by atoms with van der Waals surface area (Å²) in [5, 5.41) is 25.6. The van der Waals surface area contributed by atoms with E-state index < -0.39 is 53.9 Å². The Kier molecular flexibility index (Phi) is 8.58. The molecule has 38 heavy (non-hydrogen) atoms. The second-order valence-electron chi connectivity index (χ2n) is 9.68. The summed E-state index contributed by atoms with van der Waals surface area (Å²) in [5.41, 5.74) is -3.19. The fraction of sp³-hybridized carbons (Fsp3) is 0.542. The number of aromatic nitrogens is 2. The van der Waals surface area contributed by atoms with E-state index in [0.29, 0.717) is 18.6 Å². The number of esters is 1. The predicted molar refractivity (Wildman–Crippen MR) is 140 cm³/mol. The number of hydrogen-bond donors (Lipinski definition) is 4. The summed E-state index contributed by atoms with van der Waals surface area (Å²) in [4.78, 5) is 38.6. The van der Waals surface area contributed by atoms with Crippen LogP contribution in [0.25, 0.3) is 0 Å². The molecule has 4 rings (SSSR count). The van der Waals surface area contributed by atoms with E-state index in [1.807, 2.05) is 0 Å². The molecule has 1 aliphatic carbocycles. The molecule has 14 heteroatoms. The molecular weight excluding hydrogens is 537 g/mol. The second kappa shape index (κ2) is 11.4. The summed E-state index contributed by atoms with van der Waals surface area (Å²) in [6.45, 7) is 1.25. The maximum atomic E-state index is 12.5. The van der Waals surface area contributed by atoms with Crippen LogP contribution in [0, 0.1) is 5.92 Å². The number of aliphatic hydroxyl groups is 2. The van der Waals surface area contributed by atoms with E-state index in [-0.39, 0.29) is 18.6 Å². The Morgan fingerprint density at radius 1 is 1.26 bits per heavy atom. The monoisotopic (exact) mass is 569 g/mol. The van der Waals surface area contributed by atoms with E-state index in [4.69, 9.17) is 30.3 Å². The lowest BCUT2D eigenvalue weighted by molar-refractivity contribution is -0.149. The summed E-state index contributed by atoms with van der Waals surface area (Å²) in [6, 6.07) is 8.90. The van der Waals surface area contributed by atoms with Crippen LogP contribution in [0.3, 0.4) is 0 Å². The first-order chi connectivity index (χ1) is 17.9. The summed E-state index contributed by atoms with van der Waals surface area (Å²) in [7, 11) is 0. The van der Waals surface area contributed by atoms with Crippen molar-refractivity contribution in [3.63, 3.8) is 0 Å². The van der Waals surface area contributed by atoms with Crippen LogP contribution in [0.15, 0.2) is 52.2 Å². The van der Waals surface area contributed by atoms with Crippen molar-refractivity contribution in [1.82, 2.24) is 14.6 Å². The fourth-order valence-electron chi connectivity index (χ4n) is 4.32. The van der Waals surface area contributed by atoms with Gasteiger partial charge in [0.15, 0.2) is 6.23 Å². The first-order valence-electron chi connectivity index (χ1n) is 12.3. The van der Waals surface area contributed by atoms with Crippen molar-refractivity contribution in [2.24, 2.45) is 5.92 Å². The van der Waals surface area contributed by atoms with E-state index in [9.17, 15) is 24.6 Å². The Morgan fingerprint density at radius 3 is 2.55 bits per heavy atom. The van der Waals surface area contributed by atoms with Crippen molar-refractivity contribution in [2.75, 3.05) is 6.61 Å². The highest BCUT2D eigenvalue weighted by atomic mass is 32.5. The quantitative estimate of drug-likeness (QED) is 0.227. The number of carbonyl (C=O) groups is 1. The molecule has 1 aliphatic heterocycles. The second-order valence-corrected chi connectivity index (χ2v) is 12.8. The molecule has 208 valence electrons. The highest BCUT2D eigenvalue weighted by Crippen LogP contribution is 2.53. The number of aromatic amines is 1. The molecule has 2 heterocycles. The van der Waals surface area contributed by atoms with Gasteiger partial charge in [0.05, 0.1) is 12.7 Å². The molecule has 6 atom stereocenters. The molecule has 1 saturated carbocycles. The predicted octanol–water partition coefficient (Wildman–Crippen LogP) is 1.19. The zero-order valence-electron chi connectivity index (χ0n) is 21.2. The first kappa shape index (κ1) is 28.6. The molecule has 1 aromatic heterocycles. The van der Waals surface area contributed by atoms with Gasteiger partial charge in [-0.25, -0.2) is 9.88 Å². The van der Waals surface area contributed by atoms with Gasteiger partial charge >= 0.3 is 18.3 Å². The van der Waals surface area contributed by atoms with Crippen LogP contribution in [0.1, 0.15) is 39.8 Å². The Balaban J connectivity index is 1.56. The van der Waals surface area contributed by atoms with E-state index in [1.54, 1.807) is 51.1 Å². The standard InChI is InChI=1S/C24H32N3O9PS/c1-14(2)34-21(30)15(3)26-37(38,36-17-7-5-4-6-8-17)33-13-18-20(29)24(32,16-9-10-16)22(35-18)27-12-11-19(28)25-23(27)31/h4-8,11-12,14-16,18,20,22,29,32H,9-10,13H2,1-3H3,(H,26,38)(H,25,28,31)/t15?,18-,20-,22-,24-,37?/m1/s1. The van der Waals surface area contributed by atoms with Crippen molar-refractivity contribution >= 4 is 24.4 Å². The molecule has 1 aromatic carbocycles. The Morgan fingerprint density at radius 2 is 1.95 bits per heavy atom. The number of hydrogen-bond acceptors (Lipinski definition) is 10. The van der Waals surface area contributed by atoms with Crippen LogP contribution in [0.4, 0.5) is 0 Å². The normalized spacial score (nSPS) is 27.6. The number of rotatable bonds is 11. The Bertz CT molecular complexity index is 1300. The Hall–Kier alpha value is -2.38. The smallest absolute Gasteiger partial charge is 0.330 e. The van der Waals surface area contributed by atoms with Crippen LogP contribution < -0.4 is 20.9 Å². The molecule has 0 radical (unpaired) electrons. The maximum absolute atomic E-state index is 12.5. The summed E-state index contributed by atoms with van der Waals surface area (Å²) >= 11 is 5.70. The fourth-order valence-corrected chi connectivity index (χ4v) is 6.74. The van der Waals surface area contributed by atoms with Gasteiger partial charge in [0.1, 0.15) is 29.6 Å². The zero-order valence-corrected chi connectivity index (χ0v) is 22.9. The van der Waals surface area contributed by atoms with Gasteiger partial charge in [-0.2, -0.15) is 0 Å². The van der Waals surface area contributed by atoms with Crippen molar-refractivity contribution in [1.29, 1.82) is 0 Å². The molecule has 2 aliphatic rings. The highest BCUT2D eigenvalue weighted by molar-refractivity contribution is 8.09. The summed E-state index contributed by atoms with van der Waals surface area (Å²) < 4.78 is 24.2. The van der Waals surface area contributed by atoms with Crippen molar-refractivity contribution in [3.05, 3.63) is 63.4 Å². The van der Waals surface area contributed by atoms with Crippen LogP contribution in [0.2, 0.25) is 0 Å². The summed E-state index contributed by atoms with van der Waals surface area (Å²) in [5.74, 6) is -0.473. The molecule has 1 saturated heterocycles. The molecule has 2 fully saturated rings. The first-order valence-corrected chi connectivity index (χ1v) is 14.9. The van der Waals surface area contributed by atoms with Gasteiger partial charge in [-0.15, -0.1) is 0 Å². The van der Waals surface area contributed by atoms with Crippen molar-refractivity contribution in [3.8, 4) is 5.75 Å². The largest absolute Gasteiger partial charge is 0.462 e. The minimum Gasteiger partial charge on any atom is -0.462 e. The Labute approximate surface area is 224 Å². The molecular formula is C24H32N3O9PS. The molecule has 0 bridgehead atoms. The number of ether oxygens (including phenoxy) is 2. The topological polar surface area (TPSA) is 161 Å². The van der Waals surface area contributed by atoms with E-state index >= 15 is 0 Å². The molecule has 2 aromatic rings. The lowest BCUT2D eigenvalue weighted by Crippen LogP contribution is -2.51. The van der Waals surface area contributed by atoms with Gasteiger partial charge in [-0.05, 0) is 63.5 Å². The number of nitrogens with one attached hydrogen (secondary N) is 2. The van der Waals surface area contributed by atoms with Gasteiger partial charge in [0.25, 0.3) is 5.56 Å². The maximum Gasteiger partial charge on any atom is 0.330 e. The lowest BCUT2D eigenvalue weighted by Gasteiger charge is -2.32. The van der Waals surface area contributed by atoms with Crippen molar-refractivity contribution in [2.45, 2.75) is 69.8 Å². The third-order valence-corrected chi connectivity index (χ3v) is 8.79. The van der Waals surface area contributed by atoms with Gasteiger partial charge in [-0.3, -0.25) is 19.1 Å². The minimum atomic E-state index is -3.44. The van der Waals surface area contributed by atoms with Gasteiger partial charge in [0, 0.05) is 12.3 Å². The molecule has 12 nitrogen and oxygen atoms in total. The number of para-hydroxylation sites is 1. The van der Waals surface area contributed by atoms with Crippen LogP contribution in [-0.4, -0.2) is 62.3 Å². The van der Waals surface area contributed by atoms with Gasteiger partial charge in [0.2, 0.25) is 0 Å². The molecule has 0 spiro atoms. The molecule has 0 amide bonds. The van der Waals surface area contributed by atoms with Crippen molar-refractivity contribution < 1.29 is 33.5 Å².